The van der Waals surface area contributed by atoms with Gasteiger partial charge in [-0.3, -0.25) is 10.4 Å². The van der Waals surface area contributed by atoms with Crippen molar-refractivity contribution in [2.75, 3.05) is 0 Å². The molecule has 0 aliphatic carbocycles. The topological polar surface area (TPSA) is 49.6 Å². The number of aromatic nitrogens is 2. The van der Waals surface area contributed by atoms with E-state index in [1.165, 1.54) is 18.3 Å². The van der Waals surface area contributed by atoms with E-state index in [1.54, 1.807) is 6.07 Å². The molecule has 7 heteroatoms. The molecular weight excluding hydrogens is 499 g/mol. The van der Waals surface area contributed by atoms with Gasteiger partial charge in [-0.1, -0.05) is 85.0 Å². The second-order valence-corrected chi connectivity index (χ2v) is 9.93. The zero-order valence-corrected chi connectivity index (χ0v) is 24.2. The maximum atomic E-state index is 14.3. The van der Waals surface area contributed by atoms with Crippen molar-refractivity contribution in [3.05, 3.63) is 88.1 Å². The molecule has 0 radical (unpaired) electrons. The van der Waals surface area contributed by atoms with Crippen LogP contribution in [0.3, 0.4) is 0 Å². The largest absolute Gasteiger partial charge is 0.299 e. The third-order valence-electron chi connectivity index (χ3n) is 6.84. The van der Waals surface area contributed by atoms with Crippen LogP contribution in [0.15, 0.2) is 54.7 Å². The Morgan fingerprint density at radius 3 is 2.50 bits per heavy atom. The van der Waals surface area contributed by atoms with Gasteiger partial charge in [0.2, 0.25) is 0 Å². The standard InChI is InChI=1S/C29H33BClF2N3.C2H6/c1-6-8-19(4)30(12-11-18(3)7-2)16-21-13-28-27(35-17-21)10-9-26(36-28)20(5)29(34)22-14-23(31)25(33)15-24(22)32;1-2/h8-10,13-15,17-18,34H,5-7,11-12,16H2,1-4H3;1-2H3/b19-8-,34-29?;. The molecule has 0 aliphatic rings. The molecule has 38 heavy (non-hydrogen) atoms. The fourth-order valence-electron chi connectivity index (χ4n) is 4.29. The highest BCUT2D eigenvalue weighted by Gasteiger charge is 2.19. The Kier molecular flexibility index (Phi) is 12.3. The van der Waals surface area contributed by atoms with Gasteiger partial charge in [0.15, 0.2) is 6.71 Å². The summed E-state index contributed by atoms with van der Waals surface area (Å²) in [6.07, 6.45) is 9.60. The number of rotatable bonds is 11. The Hall–Kier alpha value is -2.86. The minimum Gasteiger partial charge on any atom is -0.299 e. The third kappa shape index (κ3) is 8.07. The minimum absolute atomic E-state index is 0.123. The lowest BCUT2D eigenvalue weighted by Crippen LogP contribution is -2.20. The summed E-state index contributed by atoms with van der Waals surface area (Å²) in [6, 6.07) is 7.34. The van der Waals surface area contributed by atoms with E-state index in [0.29, 0.717) is 29.9 Å². The number of benzene rings is 1. The summed E-state index contributed by atoms with van der Waals surface area (Å²) >= 11 is 5.81. The molecule has 2 aromatic heterocycles. The first kappa shape index (κ1) is 31.4. The lowest BCUT2D eigenvalue weighted by atomic mass is 9.38. The van der Waals surface area contributed by atoms with Gasteiger partial charge in [0.25, 0.3) is 0 Å². The molecule has 1 unspecified atom stereocenters. The Bertz CT molecular complexity index is 1310. The van der Waals surface area contributed by atoms with E-state index in [9.17, 15) is 8.78 Å². The second-order valence-electron chi connectivity index (χ2n) is 9.53. The van der Waals surface area contributed by atoms with Gasteiger partial charge in [0.05, 0.1) is 27.5 Å². The van der Waals surface area contributed by atoms with Crippen LogP contribution >= 0.6 is 11.6 Å². The van der Waals surface area contributed by atoms with E-state index in [4.69, 9.17) is 17.0 Å². The van der Waals surface area contributed by atoms with E-state index < -0.39 is 11.6 Å². The van der Waals surface area contributed by atoms with Gasteiger partial charge >= 0.3 is 0 Å². The van der Waals surface area contributed by atoms with Crippen LogP contribution < -0.4 is 0 Å². The van der Waals surface area contributed by atoms with Crippen LogP contribution in [-0.2, 0) is 6.32 Å². The molecule has 1 N–H and O–H groups in total. The molecule has 0 amide bonds. The molecule has 202 valence electrons. The minimum atomic E-state index is -0.870. The number of pyridine rings is 2. The number of hydrogen-bond acceptors (Lipinski definition) is 3. The summed E-state index contributed by atoms with van der Waals surface area (Å²) in [7, 11) is 0. The quantitative estimate of drug-likeness (QED) is 0.150. The fraction of sp³-hybridized carbons (Fsp3) is 0.387. The van der Waals surface area contributed by atoms with Crippen LogP contribution in [-0.4, -0.2) is 22.4 Å². The molecule has 2 heterocycles. The summed E-state index contributed by atoms with van der Waals surface area (Å²) in [5.74, 6) is -1.04. The highest BCUT2D eigenvalue weighted by atomic mass is 35.5. The summed E-state index contributed by atoms with van der Waals surface area (Å²) < 4.78 is 27.9. The zero-order chi connectivity index (χ0) is 28.4. The number of halogens is 3. The predicted octanol–water partition coefficient (Wildman–Crippen LogP) is 9.58. The first-order chi connectivity index (χ1) is 18.1. The lowest BCUT2D eigenvalue weighted by molar-refractivity contribution is 0.541. The summed E-state index contributed by atoms with van der Waals surface area (Å²) in [6.45, 7) is 17.3. The monoisotopic (exact) mass is 537 g/mol. The molecule has 3 rings (SSSR count). The number of nitrogens with one attached hydrogen (secondary N) is 1. The number of hydrogen-bond donors (Lipinski definition) is 1. The van der Waals surface area contributed by atoms with E-state index in [1.807, 2.05) is 32.2 Å². The fourth-order valence-corrected chi connectivity index (χ4v) is 4.45. The molecule has 1 aromatic carbocycles. The van der Waals surface area contributed by atoms with Crippen LogP contribution in [0.5, 0.6) is 0 Å². The van der Waals surface area contributed by atoms with Crippen molar-refractivity contribution in [2.24, 2.45) is 5.92 Å². The van der Waals surface area contributed by atoms with Gasteiger partial charge in [-0.15, -0.1) is 5.47 Å². The van der Waals surface area contributed by atoms with Gasteiger partial charge in [0.1, 0.15) is 11.6 Å². The summed E-state index contributed by atoms with van der Waals surface area (Å²) in [4.78, 5) is 9.29. The van der Waals surface area contributed by atoms with Crippen LogP contribution in [0.2, 0.25) is 11.3 Å². The zero-order valence-electron chi connectivity index (χ0n) is 23.5. The third-order valence-corrected chi connectivity index (χ3v) is 7.13. The van der Waals surface area contributed by atoms with E-state index >= 15 is 0 Å². The van der Waals surface area contributed by atoms with Crippen molar-refractivity contribution in [1.82, 2.24) is 9.97 Å². The highest BCUT2D eigenvalue weighted by molar-refractivity contribution is 6.66. The van der Waals surface area contributed by atoms with Crippen LogP contribution in [0.25, 0.3) is 16.6 Å². The molecule has 0 aliphatic heterocycles. The van der Waals surface area contributed by atoms with Crippen LogP contribution in [0, 0.1) is 23.0 Å². The normalized spacial score (nSPS) is 12.1. The maximum absolute atomic E-state index is 14.3. The van der Waals surface area contributed by atoms with Gasteiger partial charge in [-0.2, -0.15) is 0 Å². The van der Waals surface area contributed by atoms with Crippen molar-refractivity contribution >= 4 is 40.6 Å². The first-order valence-corrected chi connectivity index (χ1v) is 13.9. The molecule has 0 fully saturated rings. The summed E-state index contributed by atoms with van der Waals surface area (Å²) in [5, 5.41) is 8.17. The van der Waals surface area contributed by atoms with E-state index in [-0.39, 0.29) is 21.9 Å². The van der Waals surface area contributed by atoms with Crippen molar-refractivity contribution in [3.63, 3.8) is 0 Å². The maximum Gasteiger partial charge on any atom is 0.174 e. The molecule has 0 saturated carbocycles. The average Bonchev–Trinajstić information content (AvgIpc) is 2.92. The Labute approximate surface area is 232 Å². The van der Waals surface area contributed by atoms with E-state index in [0.717, 1.165) is 36.2 Å². The number of fused-ring (bicyclic) bond motifs is 1. The van der Waals surface area contributed by atoms with Crippen molar-refractivity contribution < 1.29 is 8.78 Å². The van der Waals surface area contributed by atoms with Crippen LogP contribution in [0.4, 0.5) is 8.78 Å². The molecular formula is C31H39BClF2N3. The van der Waals surface area contributed by atoms with Crippen molar-refractivity contribution in [3.8, 4) is 0 Å². The lowest BCUT2D eigenvalue weighted by Gasteiger charge is -2.17. The Balaban J connectivity index is 0.00000247. The highest BCUT2D eigenvalue weighted by Crippen LogP contribution is 2.26. The van der Waals surface area contributed by atoms with Crippen LogP contribution in [0.1, 0.15) is 77.6 Å². The molecule has 0 spiro atoms. The number of allylic oxidation sites excluding steroid dienone is 3. The molecule has 3 nitrogen and oxygen atoms in total. The van der Waals surface area contributed by atoms with Crippen molar-refractivity contribution in [2.45, 2.75) is 73.4 Å². The Morgan fingerprint density at radius 2 is 1.84 bits per heavy atom. The Morgan fingerprint density at radius 1 is 1.13 bits per heavy atom. The molecule has 1 atom stereocenters. The first-order valence-electron chi connectivity index (χ1n) is 13.5. The van der Waals surface area contributed by atoms with Gasteiger partial charge in [-0.25, -0.2) is 13.8 Å². The summed E-state index contributed by atoms with van der Waals surface area (Å²) in [5.41, 5.74) is 4.26. The van der Waals surface area contributed by atoms with Gasteiger partial charge < -0.3 is 0 Å². The van der Waals surface area contributed by atoms with Gasteiger partial charge in [0, 0.05) is 23.4 Å². The van der Waals surface area contributed by atoms with Gasteiger partial charge in [-0.05, 0) is 48.5 Å². The molecule has 0 saturated heterocycles. The predicted molar refractivity (Wildman–Crippen MR) is 161 cm³/mol. The average molecular weight is 538 g/mol. The number of nitrogens with zero attached hydrogens (tertiary/aromatic N) is 2. The molecule has 3 aromatic rings. The molecule has 0 bridgehead atoms. The SMILES string of the molecule is C=C(C(=N)c1cc(Cl)c(F)cc1F)c1ccc2ncc(CB(CCC(C)CC)/C(C)=C\CC)cc2n1.CC. The smallest absolute Gasteiger partial charge is 0.174 e. The van der Waals surface area contributed by atoms with Crippen molar-refractivity contribution in [1.29, 1.82) is 5.41 Å². The second kappa shape index (κ2) is 14.9. The van der Waals surface area contributed by atoms with E-state index in [2.05, 4.69) is 50.3 Å².